The van der Waals surface area contributed by atoms with E-state index in [-0.39, 0.29) is 6.10 Å². The van der Waals surface area contributed by atoms with Gasteiger partial charge in [0.15, 0.2) is 0 Å². The smallest absolute Gasteiger partial charge is 0.0723 e. The second-order valence-corrected chi connectivity index (χ2v) is 5.29. The lowest BCUT2D eigenvalue weighted by atomic mass is 9.85. The molecular weight excluding hydrogens is 184 g/mol. The van der Waals surface area contributed by atoms with Gasteiger partial charge in [0.1, 0.15) is 0 Å². The fourth-order valence-corrected chi connectivity index (χ4v) is 2.31. The molecule has 1 rings (SSSR count). The van der Waals surface area contributed by atoms with Crippen LogP contribution in [0.5, 0.6) is 0 Å². The molecule has 1 aliphatic rings. The van der Waals surface area contributed by atoms with Crippen LogP contribution in [0.2, 0.25) is 0 Å². The quantitative estimate of drug-likeness (QED) is 0.744. The molecule has 0 amide bonds. The summed E-state index contributed by atoms with van der Waals surface area (Å²) >= 11 is 0. The van der Waals surface area contributed by atoms with Crippen molar-refractivity contribution >= 4 is 0 Å². The van der Waals surface area contributed by atoms with Crippen LogP contribution in [0.25, 0.3) is 0 Å². The molecule has 0 fully saturated rings. The van der Waals surface area contributed by atoms with Crippen LogP contribution in [0.1, 0.15) is 53.4 Å². The maximum Gasteiger partial charge on any atom is 0.0723 e. The van der Waals surface area contributed by atoms with E-state index in [1.165, 1.54) is 24.0 Å². The van der Waals surface area contributed by atoms with Gasteiger partial charge in [0.25, 0.3) is 0 Å². The summed E-state index contributed by atoms with van der Waals surface area (Å²) in [6.45, 7) is 8.88. The molecule has 1 unspecified atom stereocenters. The average molecular weight is 208 g/mol. The molecule has 0 bridgehead atoms. The molecular formula is C14H24O. The standard InChI is InChI=1S/C14H24O/c1-5-6-12(15)7-8-13-11(2)9-10-14(13,3)4/h7-8,12,15H,5-6,9-10H2,1-4H3. The highest BCUT2D eigenvalue weighted by Gasteiger charge is 2.28. The fraction of sp³-hybridized carbons (Fsp3) is 0.714. The monoisotopic (exact) mass is 208 g/mol. The molecule has 1 aliphatic carbocycles. The molecule has 15 heavy (non-hydrogen) atoms. The first kappa shape index (κ1) is 12.5. The van der Waals surface area contributed by atoms with E-state index in [1.54, 1.807) is 0 Å². The van der Waals surface area contributed by atoms with Gasteiger partial charge in [-0.05, 0) is 37.2 Å². The van der Waals surface area contributed by atoms with Crippen LogP contribution >= 0.6 is 0 Å². The Labute approximate surface area is 93.9 Å². The molecule has 1 N–H and O–H groups in total. The second kappa shape index (κ2) is 4.98. The summed E-state index contributed by atoms with van der Waals surface area (Å²) < 4.78 is 0. The molecule has 86 valence electrons. The Morgan fingerprint density at radius 3 is 2.60 bits per heavy atom. The number of aliphatic hydroxyl groups is 1. The average Bonchev–Trinajstić information content (AvgIpc) is 2.39. The molecule has 0 aromatic rings. The van der Waals surface area contributed by atoms with Crippen molar-refractivity contribution < 1.29 is 5.11 Å². The van der Waals surface area contributed by atoms with Crippen molar-refractivity contribution in [3.8, 4) is 0 Å². The molecule has 0 heterocycles. The van der Waals surface area contributed by atoms with Crippen LogP contribution < -0.4 is 0 Å². The minimum absolute atomic E-state index is 0.272. The topological polar surface area (TPSA) is 20.2 Å². The minimum atomic E-state index is -0.272. The van der Waals surface area contributed by atoms with Crippen LogP contribution in [0.4, 0.5) is 0 Å². The van der Waals surface area contributed by atoms with E-state index >= 15 is 0 Å². The predicted octanol–water partition coefficient (Wildman–Crippen LogP) is 3.84. The van der Waals surface area contributed by atoms with Crippen molar-refractivity contribution in [2.75, 3.05) is 0 Å². The predicted molar refractivity (Wildman–Crippen MR) is 65.8 cm³/mol. The van der Waals surface area contributed by atoms with E-state index in [1.807, 2.05) is 6.08 Å². The van der Waals surface area contributed by atoms with Gasteiger partial charge in [0.2, 0.25) is 0 Å². The number of allylic oxidation sites excluding steroid dienone is 3. The van der Waals surface area contributed by atoms with E-state index in [4.69, 9.17) is 0 Å². The van der Waals surface area contributed by atoms with Crippen LogP contribution in [0, 0.1) is 5.41 Å². The van der Waals surface area contributed by atoms with Crippen molar-refractivity contribution in [1.82, 2.24) is 0 Å². The minimum Gasteiger partial charge on any atom is -0.389 e. The van der Waals surface area contributed by atoms with Crippen LogP contribution in [-0.4, -0.2) is 11.2 Å². The summed E-state index contributed by atoms with van der Waals surface area (Å²) in [5.41, 5.74) is 3.21. The molecule has 0 spiro atoms. The Bertz CT molecular complexity index is 271. The Hall–Kier alpha value is -0.560. The van der Waals surface area contributed by atoms with E-state index in [0.717, 1.165) is 12.8 Å². The molecule has 1 nitrogen and oxygen atoms in total. The summed E-state index contributed by atoms with van der Waals surface area (Å²) in [6, 6.07) is 0. The van der Waals surface area contributed by atoms with Gasteiger partial charge in [-0.3, -0.25) is 0 Å². The second-order valence-electron chi connectivity index (χ2n) is 5.29. The molecule has 1 atom stereocenters. The van der Waals surface area contributed by atoms with Gasteiger partial charge < -0.3 is 5.11 Å². The Morgan fingerprint density at radius 1 is 1.47 bits per heavy atom. The van der Waals surface area contributed by atoms with Crippen molar-refractivity contribution in [2.45, 2.75) is 59.5 Å². The summed E-state index contributed by atoms with van der Waals surface area (Å²) in [7, 11) is 0. The number of hydrogen-bond donors (Lipinski definition) is 1. The number of rotatable bonds is 4. The van der Waals surface area contributed by atoms with Gasteiger partial charge in [0.05, 0.1) is 6.10 Å². The van der Waals surface area contributed by atoms with Gasteiger partial charge in [-0.1, -0.05) is 44.9 Å². The molecule has 0 aromatic carbocycles. The van der Waals surface area contributed by atoms with Gasteiger partial charge in [0, 0.05) is 0 Å². The zero-order chi connectivity index (χ0) is 11.5. The zero-order valence-corrected chi connectivity index (χ0v) is 10.5. The van der Waals surface area contributed by atoms with Gasteiger partial charge in [-0.15, -0.1) is 0 Å². The highest BCUT2D eigenvalue weighted by molar-refractivity contribution is 5.35. The van der Waals surface area contributed by atoms with Gasteiger partial charge in [-0.2, -0.15) is 0 Å². The first-order valence-electron chi connectivity index (χ1n) is 6.04. The van der Waals surface area contributed by atoms with Crippen molar-refractivity contribution in [2.24, 2.45) is 5.41 Å². The molecule has 0 saturated heterocycles. The molecule has 1 heteroatoms. The summed E-state index contributed by atoms with van der Waals surface area (Å²) in [5, 5.41) is 9.66. The van der Waals surface area contributed by atoms with E-state index < -0.39 is 0 Å². The Kier molecular flexibility index (Phi) is 4.15. The maximum absolute atomic E-state index is 9.66. The normalized spacial score (nSPS) is 22.7. The lowest BCUT2D eigenvalue weighted by Crippen LogP contribution is -2.09. The lowest BCUT2D eigenvalue weighted by Gasteiger charge is -2.20. The molecule has 0 saturated carbocycles. The van der Waals surface area contributed by atoms with Gasteiger partial charge >= 0.3 is 0 Å². The van der Waals surface area contributed by atoms with Crippen molar-refractivity contribution in [3.05, 3.63) is 23.3 Å². The zero-order valence-electron chi connectivity index (χ0n) is 10.5. The summed E-state index contributed by atoms with van der Waals surface area (Å²) in [4.78, 5) is 0. The Balaban J connectivity index is 2.68. The fourth-order valence-electron chi connectivity index (χ4n) is 2.31. The molecule has 0 aliphatic heterocycles. The van der Waals surface area contributed by atoms with E-state index in [9.17, 15) is 5.11 Å². The van der Waals surface area contributed by atoms with Crippen molar-refractivity contribution in [3.63, 3.8) is 0 Å². The third-order valence-electron chi connectivity index (χ3n) is 3.38. The first-order valence-corrected chi connectivity index (χ1v) is 6.04. The number of aliphatic hydroxyl groups excluding tert-OH is 1. The summed E-state index contributed by atoms with van der Waals surface area (Å²) in [6.07, 6.45) is 8.17. The van der Waals surface area contributed by atoms with E-state index in [2.05, 4.69) is 33.8 Å². The molecule has 0 aromatic heterocycles. The van der Waals surface area contributed by atoms with Crippen LogP contribution in [0.3, 0.4) is 0 Å². The van der Waals surface area contributed by atoms with Crippen LogP contribution in [-0.2, 0) is 0 Å². The highest BCUT2D eigenvalue weighted by Crippen LogP contribution is 2.42. The number of hydrogen-bond acceptors (Lipinski definition) is 1. The van der Waals surface area contributed by atoms with Gasteiger partial charge in [-0.25, -0.2) is 0 Å². The third kappa shape index (κ3) is 3.20. The molecule has 0 radical (unpaired) electrons. The summed E-state index contributed by atoms with van der Waals surface area (Å²) in [5.74, 6) is 0. The SMILES string of the molecule is CCCC(O)C=CC1=C(C)CCC1(C)C. The third-order valence-corrected chi connectivity index (χ3v) is 3.38. The largest absolute Gasteiger partial charge is 0.389 e. The lowest BCUT2D eigenvalue weighted by molar-refractivity contribution is 0.211. The van der Waals surface area contributed by atoms with E-state index in [0.29, 0.717) is 5.41 Å². The maximum atomic E-state index is 9.66. The highest BCUT2D eigenvalue weighted by atomic mass is 16.3. The first-order chi connectivity index (χ1) is 6.97. The Morgan fingerprint density at radius 2 is 2.13 bits per heavy atom. The van der Waals surface area contributed by atoms with Crippen LogP contribution in [0.15, 0.2) is 23.3 Å². The van der Waals surface area contributed by atoms with Crippen molar-refractivity contribution in [1.29, 1.82) is 0 Å².